The fourth-order valence-electron chi connectivity index (χ4n) is 1.06. The van der Waals surface area contributed by atoms with E-state index in [1.807, 2.05) is 20.8 Å². The number of rotatable bonds is 5. The first-order valence-electron chi connectivity index (χ1n) is 5.38. The van der Waals surface area contributed by atoms with Crippen LogP contribution in [0.4, 0.5) is 0 Å². The molecular formula is C13H22O3. The lowest BCUT2D eigenvalue weighted by molar-refractivity contribution is -0.161. The molecule has 0 bridgehead atoms. The second-order valence-corrected chi connectivity index (χ2v) is 4.67. The highest BCUT2D eigenvalue weighted by atomic mass is 16.6. The number of ether oxygens (including phenoxy) is 2. The largest absolute Gasteiger partial charge is 0.464 e. The maximum absolute atomic E-state index is 11.7. The average Bonchev–Trinajstić information content (AvgIpc) is 2.11. The van der Waals surface area contributed by atoms with Crippen molar-refractivity contribution in [3.8, 4) is 0 Å². The molecular weight excluding hydrogens is 204 g/mol. The molecule has 3 heteroatoms. The van der Waals surface area contributed by atoms with Crippen molar-refractivity contribution in [1.29, 1.82) is 0 Å². The Bertz CT molecular complexity index is 284. The summed E-state index contributed by atoms with van der Waals surface area (Å²) >= 11 is 0. The Labute approximate surface area is 98.1 Å². The van der Waals surface area contributed by atoms with Crippen molar-refractivity contribution >= 4 is 5.97 Å². The van der Waals surface area contributed by atoms with E-state index in [-0.39, 0.29) is 0 Å². The number of hydrogen-bond acceptors (Lipinski definition) is 3. The standard InChI is InChI=1S/C13H22O3/c1-8-15-12(14)11(10(4)9(2)3)16-13(5,6)7/h11H,2,4,8H2,1,3,5-7H3. The van der Waals surface area contributed by atoms with Crippen LogP contribution in [0.25, 0.3) is 0 Å². The summed E-state index contributed by atoms with van der Waals surface area (Å²) in [6, 6.07) is 0. The van der Waals surface area contributed by atoms with Crippen LogP contribution in [0.3, 0.4) is 0 Å². The molecule has 1 unspecified atom stereocenters. The van der Waals surface area contributed by atoms with Crippen molar-refractivity contribution in [3.05, 3.63) is 24.3 Å². The highest BCUT2D eigenvalue weighted by molar-refractivity contribution is 5.79. The van der Waals surface area contributed by atoms with E-state index in [0.717, 1.165) is 5.57 Å². The zero-order chi connectivity index (χ0) is 12.9. The quantitative estimate of drug-likeness (QED) is 0.534. The molecule has 0 aliphatic carbocycles. The van der Waals surface area contributed by atoms with Gasteiger partial charge in [-0.1, -0.05) is 18.7 Å². The molecule has 0 radical (unpaired) electrons. The molecule has 3 nitrogen and oxygen atoms in total. The zero-order valence-corrected chi connectivity index (χ0v) is 10.9. The highest BCUT2D eigenvalue weighted by Crippen LogP contribution is 2.20. The van der Waals surface area contributed by atoms with E-state index < -0.39 is 17.7 Å². The van der Waals surface area contributed by atoms with Crippen molar-refractivity contribution in [2.24, 2.45) is 0 Å². The molecule has 1 atom stereocenters. The molecule has 92 valence electrons. The first-order valence-corrected chi connectivity index (χ1v) is 5.38. The van der Waals surface area contributed by atoms with Gasteiger partial charge in [0.05, 0.1) is 12.2 Å². The predicted octanol–water partition coefficient (Wildman–Crippen LogP) is 2.87. The van der Waals surface area contributed by atoms with E-state index in [0.29, 0.717) is 12.2 Å². The Morgan fingerprint density at radius 2 is 1.81 bits per heavy atom. The van der Waals surface area contributed by atoms with Gasteiger partial charge in [-0.25, -0.2) is 4.79 Å². The number of hydrogen-bond donors (Lipinski definition) is 0. The van der Waals surface area contributed by atoms with Gasteiger partial charge in [0.25, 0.3) is 0 Å². The van der Waals surface area contributed by atoms with Gasteiger partial charge in [-0.2, -0.15) is 0 Å². The van der Waals surface area contributed by atoms with E-state index >= 15 is 0 Å². The highest BCUT2D eigenvalue weighted by Gasteiger charge is 2.29. The van der Waals surface area contributed by atoms with Crippen LogP contribution >= 0.6 is 0 Å². The maximum atomic E-state index is 11.7. The van der Waals surface area contributed by atoms with Crippen molar-refractivity contribution in [1.82, 2.24) is 0 Å². The topological polar surface area (TPSA) is 35.5 Å². The predicted molar refractivity (Wildman–Crippen MR) is 65.2 cm³/mol. The van der Waals surface area contributed by atoms with Gasteiger partial charge in [0.1, 0.15) is 0 Å². The summed E-state index contributed by atoms with van der Waals surface area (Å²) in [6.07, 6.45) is -0.766. The first-order chi connectivity index (χ1) is 7.19. The van der Waals surface area contributed by atoms with E-state index in [2.05, 4.69) is 13.2 Å². The normalized spacial score (nSPS) is 13.1. The van der Waals surface area contributed by atoms with E-state index in [1.165, 1.54) is 0 Å². The third-order valence-electron chi connectivity index (χ3n) is 1.84. The monoisotopic (exact) mass is 226 g/mol. The molecule has 0 aliphatic heterocycles. The summed E-state index contributed by atoms with van der Waals surface area (Å²) in [7, 11) is 0. The summed E-state index contributed by atoms with van der Waals surface area (Å²) < 4.78 is 10.6. The first kappa shape index (κ1) is 14.9. The summed E-state index contributed by atoms with van der Waals surface area (Å²) in [5, 5.41) is 0. The second-order valence-electron chi connectivity index (χ2n) is 4.67. The Hall–Kier alpha value is -1.09. The van der Waals surface area contributed by atoms with Crippen LogP contribution in [0.2, 0.25) is 0 Å². The number of carbonyl (C=O) groups is 1. The third-order valence-corrected chi connectivity index (χ3v) is 1.84. The molecule has 0 aromatic heterocycles. The van der Waals surface area contributed by atoms with Crippen LogP contribution in [0.5, 0.6) is 0 Å². The average molecular weight is 226 g/mol. The van der Waals surface area contributed by atoms with E-state index in [1.54, 1.807) is 13.8 Å². The van der Waals surface area contributed by atoms with Gasteiger partial charge < -0.3 is 9.47 Å². The molecule has 0 N–H and O–H groups in total. The molecule has 0 heterocycles. The van der Waals surface area contributed by atoms with Gasteiger partial charge in [-0.05, 0) is 40.2 Å². The van der Waals surface area contributed by atoms with Gasteiger partial charge in [0.15, 0.2) is 6.10 Å². The molecule has 0 saturated carbocycles. The van der Waals surface area contributed by atoms with Gasteiger partial charge in [0.2, 0.25) is 0 Å². The zero-order valence-electron chi connectivity index (χ0n) is 10.9. The third kappa shape index (κ3) is 5.12. The van der Waals surface area contributed by atoms with Crippen molar-refractivity contribution in [3.63, 3.8) is 0 Å². The minimum atomic E-state index is -0.766. The van der Waals surface area contributed by atoms with Crippen LogP contribution in [-0.2, 0) is 14.3 Å². The Kier molecular flexibility index (Phi) is 5.45. The Balaban J connectivity index is 4.84. The lowest BCUT2D eigenvalue weighted by Gasteiger charge is -2.27. The van der Waals surface area contributed by atoms with Crippen LogP contribution in [0, 0.1) is 0 Å². The van der Waals surface area contributed by atoms with E-state index in [4.69, 9.17) is 9.47 Å². The number of carbonyl (C=O) groups excluding carboxylic acids is 1. The molecule has 16 heavy (non-hydrogen) atoms. The summed E-state index contributed by atoms with van der Waals surface area (Å²) in [5.41, 5.74) is 0.853. The van der Waals surface area contributed by atoms with Gasteiger partial charge in [-0.3, -0.25) is 0 Å². The lowest BCUT2D eigenvalue weighted by atomic mass is 10.0. The molecule has 0 amide bonds. The SMILES string of the molecule is C=C(C)C(=C)C(OC(C)(C)C)C(=O)OCC. The van der Waals surface area contributed by atoms with Gasteiger partial charge >= 0.3 is 5.97 Å². The summed E-state index contributed by atoms with van der Waals surface area (Å²) in [6.45, 7) is 17.1. The lowest BCUT2D eigenvalue weighted by Crippen LogP contribution is -2.36. The Morgan fingerprint density at radius 1 is 1.31 bits per heavy atom. The van der Waals surface area contributed by atoms with Crippen LogP contribution < -0.4 is 0 Å². The smallest absolute Gasteiger partial charge is 0.339 e. The molecule has 0 aliphatic rings. The molecule has 0 rings (SSSR count). The van der Waals surface area contributed by atoms with Crippen molar-refractivity contribution in [2.45, 2.75) is 46.3 Å². The summed E-state index contributed by atoms with van der Waals surface area (Å²) in [4.78, 5) is 11.7. The maximum Gasteiger partial charge on any atom is 0.339 e. The van der Waals surface area contributed by atoms with Gasteiger partial charge in [-0.15, -0.1) is 0 Å². The molecule has 0 aromatic rings. The van der Waals surface area contributed by atoms with Crippen molar-refractivity contribution in [2.75, 3.05) is 6.61 Å². The van der Waals surface area contributed by atoms with Crippen LogP contribution in [0.1, 0.15) is 34.6 Å². The van der Waals surface area contributed by atoms with E-state index in [9.17, 15) is 4.79 Å². The second kappa shape index (κ2) is 5.85. The van der Waals surface area contributed by atoms with Crippen LogP contribution in [-0.4, -0.2) is 24.3 Å². The van der Waals surface area contributed by atoms with Gasteiger partial charge in [0, 0.05) is 0 Å². The molecule has 0 spiro atoms. The van der Waals surface area contributed by atoms with Crippen molar-refractivity contribution < 1.29 is 14.3 Å². The minimum absolute atomic E-state index is 0.326. The molecule has 0 fully saturated rings. The fourth-order valence-corrected chi connectivity index (χ4v) is 1.06. The Morgan fingerprint density at radius 3 is 2.12 bits per heavy atom. The summed E-state index contributed by atoms with van der Waals surface area (Å²) in [5.74, 6) is -0.412. The minimum Gasteiger partial charge on any atom is -0.464 e. The molecule has 0 aromatic carbocycles. The molecule has 0 saturated heterocycles. The number of esters is 1. The fraction of sp³-hybridized carbons (Fsp3) is 0.615. The van der Waals surface area contributed by atoms with Crippen LogP contribution in [0.15, 0.2) is 24.3 Å².